The van der Waals surface area contributed by atoms with Crippen molar-refractivity contribution in [3.8, 4) is 66.8 Å². The Morgan fingerprint density at radius 2 is 0.557 bits per heavy atom. The summed E-state index contributed by atoms with van der Waals surface area (Å²) in [5, 5.41) is -4.53. The van der Waals surface area contributed by atoms with Gasteiger partial charge >= 0.3 is 0 Å². The van der Waals surface area contributed by atoms with Crippen LogP contribution < -0.4 is 0 Å². The van der Waals surface area contributed by atoms with Gasteiger partial charge in [0.1, 0.15) is 0 Å². The van der Waals surface area contributed by atoms with Gasteiger partial charge in [-0.15, -0.1) is 0 Å². The highest BCUT2D eigenvalue weighted by atomic mass is 14.2. The highest BCUT2D eigenvalue weighted by Gasteiger charge is 2.21. The molecule has 0 N–H and O–H groups in total. The zero-order valence-electron chi connectivity index (χ0n) is 87.1. The van der Waals surface area contributed by atoms with E-state index in [1.54, 1.807) is 66.7 Å². The number of rotatable bonds is 6. The standard InChI is InChI=1S/2C44H28/c2*1-3-13-32-26-35(22-20-29(32)10-1)43-39-17-7-8-18-40(39)44(36-23-21-30-11-2-4-14-33(30)27-36)42-28-34(24-25-41(42)43)38-19-9-15-31-12-5-6-16-37(31)38/h2*1-28H/i1D,2D,3D,4D,7D,8D,10D,11D,13D,14D,17D,18D,20D,21D,22D,23D,24D,25D,26D,27D,28D;1D,2D,3D,4D,5D,6D,9D,10D,11D,12D,13D,14D,15D,16D,19D,20D,21D,22D,23D,26D,27D. The molecule has 88 heavy (non-hydrogen) atoms. The lowest BCUT2D eigenvalue weighted by Gasteiger charge is -2.19. The van der Waals surface area contributed by atoms with Crippen LogP contribution in [0.25, 0.3) is 174 Å². The quantitative estimate of drug-likeness (QED) is 0.146. The van der Waals surface area contributed by atoms with Crippen molar-refractivity contribution in [1.29, 1.82) is 0 Å². The number of fused-ring (bicyclic) bond motifs is 10. The van der Waals surface area contributed by atoms with Crippen molar-refractivity contribution < 1.29 is 57.6 Å². The third kappa shape index (κ3) is 8.76. The van der Waals surface area contributed by atoms with Crippen LogP contribution in [-0.4, -0.2) is 0 Å². The average molecular weight is 1160 g/mol. The van der Waals surface area contributed by atoms with Crippen LogP contribution in [0.1, 0.15) is 57.6 Å². The summed E-state index contributed by atoms with van der Waals surface area (Å²) < 4.78 is 376. The van der Waals surface area contributed by atoms with Crippen LogP contribution in [-0.2, 0) is 0 Å². The topological polar surface area (TPSA) is 0 Å². The van der Waals surface area contributed by atoms with Gasteiger partial charge < -0.3 is 0 Å². The molecule has 0 heterocycles. The smallest absolute Gasteiger partial charge is 0.0616 e. The SMILES string of the molecule is [2H]c1c([2H])c([2H])c2c([2H])c(-c3c4c([2H])c([2H])c([2H])c([2H])c4c(-c4c([2H])c([2H])c5c([2H])c([2H])c([2H])c([2H])c5c4[2H])c4c([2H])c(-c5cccc6ccccc56)c([2H])c([2H])c34)c([2H])c([2H])c2c1[2H].[2H]c1c([2H])c([2H])c2c([2H])c(-c3c4ccccc4c(-c4c([2H])c([2H])c5c([2H])c([2H])c([2H])c([2H])c5c4[2H])c4cc(-c5c([2H])c([2H])c([2H])c6c([2H])c([2H])c([2H])c([2H])c56)ccc34)c([2H])c([2H])c2c1[2H]. The van der Waals surface area contributed by atoms with Gasteiger partial charge in [0.15, 0.2) is 0 Å². The number of benzene rings is 18. The second-order valence-electron chi connectivity index (χ2n) is 20.1. The molecule has 0 fully saturated rings. The van der Waals surface area contributed by atoms with E-state index in [-0.39, 0.29) is 98.4 Å². The lowest BCUT2D eigenvalue weighted by molar-refractivity contribution is 1.66. The lowest BCUT2D eigenvalue weighted by atomic mass is 9.84. The molecule has 18 rings (SSSR count). The molecule has 0 saturated carbocycles. The summed E-state index contributed by atoms with van der Waals surface area (Å²) in [6, 6.07) is -7.23. The summed E-state index contributed by atoms with van der Waals surface area (Å²) in [5.74, 6) is 0. The van der Waals surface area contributed by atoms with Gasteiger partial charge in [0, 0.05) is 0 Å². The predicted octanol–water partition coefficient (Wildman–Crippen LogP) is 24.9. The second-order valence-corrected chi connectivity index (χ2v) is 20.1. The highest BCUT2D eigenvalue weighted by Crippen LogP contribution is 2.49. The number of hydrogen-bond acceptors (Lipinski definition) is 0. The van der Waals surface area contributed by atoms with Crippen molar-refractivity contribution in [3.05, 3.63) is 339 Å². The fourth-order valence-electron chi connectivity index (χ4n) is 11.3. The largest absolute Gasteiger partial charge is 0.0636 e. The molecule has 0 heteroatoms. The summed E-state index contributed by atoms with van der Waals surface area (Å²) in [6.07, 6.45) is 0. The van der Waals surface area contributed by atoms with Crippen molar-refractivity contribution in [2.75, 3.05) is 0 Å². The van der Waals surface area contributed by atoms with Gasteiger partial charge in [-0.05, 0) is 211 Å². The van der Waals surface area contributed by atoms with Crippen molar-refractivity contribution in [1.82, 2.24) is 0 Å². The Kier molecular flexibility index (Phi) is 5.83. The maximum atomic E-state index is 10.1. The Labute approximate surface area is 570 Å². The Bertz CT molecular complexity index is 8420. The van der Waals surface area contributed by atoms with Crippen LogP contribution in [0.2, 0.25) is 0 Å². The van der Waals surface area contributed by atoms with Gasteiger partial charge in [-0.3, -0.25) is 0 Å². The first-order valence-electron chi connectivity index (χ1n) is 48.1. The summed E-state index contributed by atoms with van der Waals surface area (Å²) in [5.41, 5.74) is -2.94. The van der Waals surface area contributed by atoms with Crippen molar-refractivity contribution in [2.45, 2.75) is 0 Å². The van der Waals surface area contributed by atoms with Crippen molar-refractivity contribution >= 4 is 108 Å². The Morgan fingerprint density at radius 1 is 0.170 bits per heavy atom. The normalized spacial score (nSPS) is 18.3. The Balaban J connectivity index is 0.000000182. The minimum absolute atomic E-state index is 0.0202. The van der Waals surface area contributed by atoms with E-state index in [1.807, 2.05) is 0 Å². The average Bonchev–Trinajstić information content (AvgIpc) is 0.685. The van der Waals surface area contributed by atoms with Crippen LogP contribution in [0.15, 0.2) is 339 Å². The molecule has 0 atom stereocenters. The van der Waals surface area contributed by atoms with E-state index in [1.165, 1.54) is 18.2 Å². The molecule has 0 bridgehead atoms. The first kappa shape index (κ1) is 24.1. The monoisotopic (exact) mass is 1150 g/mol. The molecule has 0 saturated heterocycles. The van der Waals surface area contributed by atoms with Gasteiger partial charge in [0.25, 0.3) is 0 Å². The molecular weight excluding hydrogens is 1060 g/mol. The molecule has 0 nitrogen and oxygen atoms in total. The second kappa shape index (κ2) is 21.3. The summed E-state index contributed by atoms with van der Waals surface area (Å²) in [6.45, 7) is 0. The molecule has 0 spiro atoms. The van der Waals surface area contributed by atoms with Gasteiger partial charge in [-0.25, -0.2) is 0 Å². The third-order valence-electron chi connectivity index (χ3n) is 15.2. The van der Waals surface area contributed by atoms with Crippen LogP contribution in [0.3, 0.4) is 0 Å². The molecule has 0 radical (unpaired) electrons. The van der Waals surface area contributed by atoms with Gasteiger partial charge in [-0.1, -0.05) is 302 Å². The molecule has 0 aliphatic carbocycles. The van der Waals surface area contributed by atoms with Gasteiger partial charge in [-0.2, -0.15) is 0 Å². The maximum absolute atomic E-state index is 10.1. The molecule has 0 amide bonds. The highest BCUT2D eigenvalue weighted by molar-refractivity contribution is 6.25. The first-order chi connectivity index (χ1) is 61.2. The van der Waals surface area contributed by atoms with Crippen LogP contribution in [0, 0.1) is 0 Å². The molecule has 18 aromatic carbocycles. The van der Waals surface area contributed by atoms with E-state index in [4.69, 9.17) is 39.8 Å². The van der Waals surface area contributed by atoms with Crippen LogP contribution in [0.4, 0.5) is 0 Å². The molecule has 0 aliphatic rings. The van der Waals surface area contributed by atoms with Gasteiger partial charge in [0.2, 0.25) is 0 Å². The molecule has 0 aliphatic heterocycles. The van der Waals surface area contributed by atoms with E-state index in [9.17, 15) is 17.8 Å². The lowest BCUT2D eigenvalue weighted by Crippen LogP contribution is -1.92. The minimum atomic E-state index is -0.886. The number of hydrogen-bond donors (Lipinski definition) is 0. The Morgan fingerprint density at radius 3 is 1.10 bits per heavy atom. The van der Waals surface area contributed by atoms with E-state index >= 15 is 0 Å². The summed E-state index contributed by atoms with van der Waals surface area (Å²) >= 11 is 0. The van der Waals surface area contributed by atoms with Crippen LogP contribution >= 0.6 is 0 Å². The fourth-order valence-corrected chi connectivity index (χ4v) is 11.3. The van der Waals surface area contributed by atoms with E-state index in [0.717, 1.165) is 0 Å². The first-order valence-corrected chi connectivity index (χ1v) is 27.1. The molecule has 408 valence electrons. The summed E-state index contributed by atoms with van der Waals surface area (Å²) in [7, 11) is 0. The fraction of sp³-hybridized carbons (Fsp3) is 0. The maximum Gasteiger partial charge on any atom is 0.0636 e. The zero-order chi connectivity index (χ0) is 94.6. The minimum Gasteiger partial charge on any atom is -0.0616 e. The molecule has 0 unspecified atom stereocenters. The van der Waals surface area contributed by atoms with Crippen molar-refractivity contribution in [3.63, 3.8) is 0 Å². The Hall–Kier alpha value is -11.4. The summed E-state index contributed by atoms with van der Waals surface area (Å²) in [4.78, 5) is 0. The van der Waals surface area contributed by atoms with E-state index in [0.29, 0.717) is 10.8 Å². The van der Waals surface area contributed by atoms with Crippen molar-refractivity contribution in [2.24, 2.45) is 0 Å². The zero-order valence-corrected chi connectivity index (χ0v) is 45.1. The van der Waals surface area contributed by atoms with Gasteiger partial charge in [0.05, 0.1) is 57.6 Å². The van der Waals surface area contributed by atoms with E-state index in [2.05, 4.69) is 0 Å². The molecule has 18 aromatic rings. The predicted molar refractivity (Wildman–Crippen MR) is 381 cm³/mol. The van der Waals surface area contributed by atoms with Crippen LogP contribution in [0.5, 0.6) is 0 Å². The molecule has 0 aromatic heterocycles. The van der Waals surface area contributed by atoms with E-state index < -0.39 is 319 Å². The third-order valence-corrected chi connectivity index (χ3v) is 15.2. The molecular formula is C88H56.